The first-order valence-electron chi connectivity index (χ1n) is 6.13. The number of rotatable bonds is 4. The maximum Gasteiger partial charge on any atom is 0.252 e. The van der Waals surface area contributed by atoms with Crippen molar-refractivity contribution in [2.45, 2.75) is 25.3 Å². The Balaban J connectivity index is 1.85. The molecule has 1 aromatic rings. The third kappa shape index (κ3) is 3.53. The summed E-state index contributed by atoms with van der Waals surface area (Å²) < 4.78 is 13.7. The molecule has 1 aromatic carbocycles. The van der Waals surface area contributed by atoms with Gasteiger partial charge >= 0.3 is 0 Å². The van der Waals surface area contributed by atoms with Gasteiger partial charge in [-0.05, 0) is 59.9 Å². The van der Waals surface area contributed by atoms with Gasteiger partial charge in [-0.15, -0.1) is 0 Å². The van der Waals surface area contributed by atoms with Crippen LogP contribution in [0.4, 0.5) is 4.39 Å². The topological polar surface area (TPSA) is 41.1 Å². The first kappa shape index (κ1) is 13.5. The lowest BCUT2D eigenvalue weighted by molar-refractivity contribution is 0.0951. The van der Waals surface area contributed by atoms with Crippen LogP contribution in [0.3, 0.4) is 0 Å². The summed E-state index contributed by atoms with van der Waals surface area (Å²) in [7, 11) is 0. The van der Waals surface area contributed by atoms with Gasteiger partial charge in [0.05, 0.1) is 5.56 Å². The molecule has 18 heavy (non-hydrogen) atoms. The van der Waals surface area contributed by atoms with E-state index in [4.69, 9.17) is 0 Å². The van der Waals surface area contributed by atoms with Crippen LogP contribution in [0.1, 0.15) is 29.6 Å². The summed E-state index contributed by atoms with van der Waals surface area (Å²) in [6.45, 7) is 1.67. The number of nitrogens with one attached hydrogen (secondary N) is 2. The molecule has 0 radical (unpaired) electrons. The van der Waals surface area contributed by atoms with Crippen LogP contribution in [0.25, 0.3) is 0 Å². The lowest BCUT2D eigenvalue weighted by Gasteiger charge is -2.11. The van der Waals surface area contributed by atoms with E-state index in [1.165, 1.54) is 25.0 Å². The molecule has 1 heterocycles. The molecule has 1 amide bonds. The van der Waals surface area contributed by atoms with E-state index < -0.39 is 5.82 Å². The second kappa shape index (κ2) is 6.29. The van der Waals surface area contributed by atoms with Gasteiger partial charge in [0.25, 0.3) is 5.91 Å². The van der Waals surface area contributed by atoms with E-state index in [0.29, 0.717) is 22.6 Å². The standard InChI is InChI=1S/C13H16BrFN2O/c14-12-4-3-9(15)8-11(12)13(18)17-7-5-10-2-1-6-16-10/h3-4,8,10,16H,1-2,5-7H2,(H,17,18). The predicted octanol–water partition coefficient (Wildman–Crippen LogP) is 2.46. The average molecular weight is 315 g/mol. The normalized spacial score (nSPS) is 18.9. The molecule has 1 saturated heterocycles. The molecule has 2 rings (SSSR count). The van der Waals surface area contributed by atoms with E-state index in [9.17, 15) is 9.18 Å². The highest BCUT2D eigenvalue weighted by molar-refractivity contribution is 9.10. The van der Waals surface area contributed by atoms with Gasteiger partial charge in [-0.3, -0.25) is 4.79 Å². The van der Waals surface area contributed by atoms with Crippen LogP contribution in [-0.4, -0.2) is 25.0 Å². The lowest BCUT2D eigenvalue weighted by Crippen LogP contribution is -2.30. The minimum atomic E-state index is -0.402. The Kier molecular flexibility index (Phi) is 4.72. The molecule has 1 aliphatic heterocycles. The molecule has 0 aliphatic carbocycles. The van der Waals surface area contributed by atoms with E-state index in [1.807, 2.05) is 0 Å². The molecule has 1 aliphatic rings. The molecular weight excluding hydrogens is 299 g/mol. The van der Waals surface area contributed by atoms with Crippen LogP contribution < -0.4 is 10.6 Å². The summed E-state index contributed by atoms with van der Waals surface area (Å²) in [5.74, 6) is -0.639. The largest absolute Gasteiger partial charge is 0.352 e. The third-order valence-electron chi connectivity index (χ3n) is 3.11. The number of carbonyl (C=O) groups is 1. The highest BCUT2D eigenvalue weighted by Crippen LogP contribution is 2.17. The summed E-state index contributed by atoms with van der Waals surface area (Å²) in [5.41, 5.74) is 0.342. The van der Waals surface area contributed by atoms with Crippen molar-refractivity contribution in [3.05, 3.63) is 34.1 Å². The van der Waals surface area contributed by atoms with Gasteiger partial charge in [0.2, 0.25) is 0 Å². The van der Waals surface area contributed by atoms with Crippen LogP contribution in [0.15, 0.2) is 22.7 Å². The molecule has 1 unspecified atom stereocenters. The second-order valence-electron chi connectivity index (χ2n) is 4.46. The third-order valence-corrected chi connectivity index (χ3v) is 3.81. The predicted molar refractivity (Wildman–Crippen MR) is 72.1 cm³/mol. The summed E-state index contributed by atoms with van der Waals surface area (Å²) in [4.78, 5) is 11.9. The first-order chi connectivity index (χ1) is 8.66. The molecule has 98 valence electrons. The minimum Gasteiger partial charge on any atom is -0.352 e. The molecule has 2 N–H and O–H groups in total. The highest BCUT2D eigenvalue weighted by atomic mass is 79.9. The van der Waals surface area contributed by atoms with Gasteiger partial charge < -0.3 is 10.6 Å². The summed E-state index contributed by atoms with van der Waals surface area (Å²) >= 11 is 3.25. The van der Waals surface area contributed by atoms with Crippen LogP contribution in [0.2, 0.25) is 0 Å². The summed E-state index contributed by atoms with van der Waals surface area (Å²) in [6.07, 6.45) is 3.28. The molecule has 0 aromatic heterocycles. The number of carbonyl (C=O) groups excluding carboxylic acids is 1. The van der Waals surface area contributed by atoms with Gasteiger partial charge in [0.1, 0.15) is 5.82 Å². The number of hydrogen-bond acceptors (Lipinski definition) is 2. The number of amides is 1. The molecule has 5 heteroatoms. The SMILES string of the molecule is O=C(NCCC1CCCN1)c1cc(F)ccc1Br. The molecular formula is C13H16BrFN2O. The molecule has 1 fully saturated rings. The number of halogens is 2. The van der Waals surface area contributed by atoms with E-state index >= 15 is 0 Å². The van der Waals surface area contributed by atoms with Crippen LogP contribution in [-0.2, 0) is 0 Å². The van der Waals surface area contributed by atoms with Crippen molar-refractivity contribution in [3.8, 4) is 0 Å². The van der Waals surface area contributed by atoms with Crippen molar-refractivity contribution in [2.75, 3.05) is 13.1 Å². The average Bonchev–Trinajstić information content (AvgIpc) is 2.85. The van der Waals surface area contributed by atoms with E-state index in [1.54, 1.807) is 6.07 Å². The quantitative estimate of drug-likeness (QED) is 0.896. The van der Waals surface area contributed by atoms with Crippen molar-refractivity contribution >= 4 is 21.8 Å². The van der Waals surface area contributed by atoms with Crippen molar-refractivity contribution < 1.29 is 9.18 Å². The van der Waals surface area contributed by atoms with Gasteiger partial charge in [0.15, 0.2) is 0 Å². The highest BCUT2D eigenvalue weighted by Gasteiger charge is 2.15. The van der Waals surface area contributed by atoms with E-state index in [0.717, 1.165) is 13.0 Å². The number of hydrogen-bond donors (Lipinski definition) is 2. The van der Waals surface area contributed by atoms with Crippen molar-refractivity contribution in [3.63, 3.8) is 0 Å². The number of benzene rings is 1. The zero-order chi connectivity index (χ0) is 13.0. The van der Waals surface area contributed by atoms with Gasteiger partial charge in [-0.25, -0.2) is 4.39 Å². The van der Waals surface area contributed by atoms with Crippen LogP contribution in [0, 0.1) is 5.82 Å². The Labute approximate surface area is 114 Å². The van der Waals surface area contributed by atoms with Crippen molar-refractivity contribution in [1.82, 2.24) is 10.6 Å². The zero-order valence-electron chi connectivity index (χ0n) is 10.0. The zero-order valence-corrected chi connectivity index (χ0v) is 11.6. The molecule has 0 spiro atoms. The summed E-state index contributed by atoms with van der Waals surface area (Å²) in [5, 5.41) is 6.19. The minimum absolute atomic E-state index is 0.237. The Hall–Kier alpha value is -0.940. The van der Waals surface area contributed by atoms with Crippen LogP contribution >= 0.6 is 15.9 Å². The fourth-order valence-electron chi connectivity index (χ4n) is 2.13. The molecule has 0 saturated carbocycles. The Morgan fingerprint density at radius 3 is 3.11 bits per heavy atom. The van der Waals surface area contributed by atoms with Gasteiger partial charge in [-0.2, -0.15) is 0 Å². The molecule has 0 bridgehead atoms. The molecule has 3 nitrogen and oxygen atoms in total. The fourth-order valence-corrected chi connectivity index (χ4v) is 2.56. The molecule has 1 atom stereocenters. The van der Waals surface area contributed by atoms with Gasteiger partial charge in [0, 0.05) is 17.1 Å². The fraction of sp³-hybridized carbons (Fsp3) is 0.462. The van der Waals surface area contributed by atoms with E-state index in [-0.39, 0.29) is 5.91 Å². The Morgan fingerprint density at radius 2 is 2.39 bits per heavy atom. The monoisotopic (exact) mass is 314 g/mol. The maximum absolute atomic E-state index is 13.1. The van der Waals surface area contributed by atoms with E-state index in [2.05, 4.69) is 26.6 Å². The van der Waals surface area contributed by atoms with Crippen molar-refractivity contribution in [2.24, 2.45) is 0 Å². The van der Waals surface area contributed by atoms with Crippen LogP contribution in [0.5, 0.6) is 0 Å². The summed E-state index contributed by atoms with van der Waals surface area (Å²) in [6, 6.07) is 4.61. The first-order valence-corrected chi connectivity index (χ1v) is 6.93. The smallest absolute Gasteiger partial charge is 0.252 e. The van der Waals surface area contributed by atoms with Crippen molar-refractivity contribution in [1.29, 1.82) is 0 Å². The lowest BCUT2D eigenvalue weighted by atomic mass is 10.1. The Bertz CT molecular complexity index is 433. The Morgan fingerprint density at radius 1 is 1.56 bits per heavy atom. The van der Waals surface area contributed by atoms with Gasteiger partial charge in [-0.1, -0.05) is 0 Å². The maximum atomic E-state index is 13.1. The second-order valence-corrected chi connectivity index (χ2v) is 5.32.